The molecule has 0 aliphatic heterocycles. The Balaban J connectivity index is 5.68. The van der Waals surface area contributed by atoms with E-state index in [1.165, 1.54) is 0 Å². The first kappa shape index (κ1) is 33.1. The molecule has 0 heterocycles. The van der Waals surface area contributed by atoms with E-state index in [1.807, 2.05) is 41.5 Å². The zero-order valence-electron chi connectivity index (χ0n) is 22.5. The van der Waals surface area contributed by atoms with E-state index in [0.29, 0.717) is 19.3 Å². The maximum Gasteiger partial charge on any atom is 0.326 e. The van der Waals surface area contributed by atoms with Crippen LogP contribution >= 0.6 is 0 Å². The van der Waals surface area contributed by atoms with Gasteiger partial charge in [0.2, 0.25) is 17.7 Å². The van der Waals surface area contributed by atoms with Crippen molar-refractivity contribution in [2.24, 2.45) is 39.9 Å². The van der Waals surface area contributed by atoms with Crippen LogP contribution < -0.4 is 33.2 Å². The highest BCUT2D eigenvalue weighted by Gasteiger charge is 2.32. The molecule has 5 unspecified atom stereocenters. The minimum Gasteiger partial charge on any atom is -0.480 e. The molecule has 0 rings (SSSR count). The highest BCUT2D eigenvalue weighted by atomic mass is 16.4. The van der Waals surface area contributed by atoms with Crippen LogP contribution in [-0.2, 0) is 19.2 Å². The van der Waals surface area contributed by atoms with Gasteiger partial charge in [-0.2, -0.15) is 0 Å². The van der Waals surface area contributed by atoms with Crippen molar-refractivity contribution >= 4 is 29.7 Å². The highest BCUT2D eigenvalue weighted by molar-refractivity contribution is 5.94. The Labute approximate surface area is 214 Å². The van der Waals surface area contributed by atoms with Crippen molar-refractivity contribution in [2.45, 2.75) is 97.8 Å². The SMILES string of the molecule is CCC(C)C(NC(=O)C(N)CC(C)C)C(=O)NC(CCCN=C(N)N)C(=O)NC(CC(C)C)C(=O)O. The summed E-state index contributed by atoms with van der Waals surface area (Å²) in [5.41, 5.74) is 16.7. The fourth-order valence-electron chi connectivity index (χ4n) is 3.58. The molecule has 0 fully saturated rings. The second-order valence-electron chi connectivity index (χ2n) is 10.1. The summed E-state index contributed by atoms with van der Waals surface area (Å²) < 4.78 is 0. The smallest absolute Gasteiger partial charge is 0.326 e. The van der Waals surface area contributed by atoms with Crippen LogP contribution in [0, 0.1) is 17.8 Å². The normalized spacial score (nSPS) is 15.4. The number of rotatable bonds is 17. The Bertz CT molecular complexity index is 753. The maximum absolute atomic E-state index is 13.2. The first-order valence-corrected chi connectivity index (χ1v) is 12.6. The number of amides is 3. The highest BCUT2D eigenvalue weighted by Crippen LogP contribution is 2.12. The van der Waals surface area contributed by atoms with Crippen LogP contribution in [0.4, 0.5) is 0 Å². The third kappa shape index (κ3) is 13.3. The van der Waals surface area contributed by atoms with Crippen LogP contribution in [0.25, 0.3) is 0 Å². The van der Waals surface area contributed by atoms with E-state index in [1.54, 1.807) is 0 Å². The molecule has 0 aromatic carbocycles. The van der Waals surface area contributed by atoms with Gasteiger partial charge < -0.3 is 38.3 Å². The fraction of sp³-hybridized carbons (Fsp3) is 0.792. The molecule has 10 N–H and O–H groups in total. The van der Waals surface area contributed by atoms with Crippen molar-refractivity contribution in [3.63, 3.8) is 0 Å². The summed E-state index contributed by atoms with van der Waals surface area (Å²) in [4.78, 5) is 54.4. The second kappa shape index (κ2) is 16.7. The van der Waals surface area contributed by atoms with Gasteiger partial charge in [-0.3, -0.25) is 19.4 Å². The Hall–Kier alpha value is -2.89. The lowest BCUT2D eigenvalue weighted by atomic mass is 9.96. The summed E-state index contributed by atoms with van der Waals surface area (Å²) in [6.45, 7) is 11.5. The van der Waals surface area contributed by atoms with Crippen molar-refractivity contribution in [3.8, 4) is 0 Å². The molecular weight excluding hydrogens is 466 g/mol. The number of nitrogens with zero attached hydrogens (tertiary/aromatic N) is 1. The van der Waals surface area contributed by atoms with Crippen LogP contribution in [0.1, 0.15) is 73.6 Å². The Kier molecular flexibility index (Phi) is 15.4. The molecule has 0 aromatic rings. The van der Waals surface area contributed by atoms with Gasteiger partial charge in [-0.05, 0) is 43.4 Å². The summed E-state index contributed by atoms with van der Waals surface area (Å²) in [6, 6.07) is -3.84. The van der Waals surface area contributed by atoms with Crippen molar-refractivity contribution in [2.75, 3.05) is 6.54 Å². The molecule has 12 nitrogen and oxygen atoms in total. The van der Waals surface area contributed by atoms with Crippen LogP contribution in [0.15, 0.2) is 4.99 Å². The van der Waals surface area contributed by atoms with Crippen LogP contribution in [-0.4, -0.2) is 65.5 Å². The number of hydrogen-bond acceptors (Lipinski definition) is 6. The number of aliphatic imine (C=N–C) groups is 1. The van der Waals surface area contributed by atoms with Crippen molar-refractivity contribution < 1.29 is 24.3 Å². The number of carbonyl (C=O) groups is 4. The number of carboxylic acid groups (broad SMARTS) is 1. The predicted octanol–water partition coefficient (Wildman–Crippen LogP) is 0.0446. The average Bonchev–Trinajstić information content (AvgIpc) is 2.76. The maximum atomic E-state index is 13.2. The minimum absolute atomic E-state index is 0.0290. The third-order valence-electron chi connectivity index (χ3n) is 5.76. The first-order valence-electron chi connectivity index (χ1n) is 12.6. The van der Waals surface area contributed by atoms with E-state index >= 15 is 0 Å². The van der Waals surface area contributed by atoms with E-state index in [0.717, 1.165) is 0 Å². The molecule has 5 atom stereocenters. The number of hydrogen-bond donors (Lipinski definition) is 7. The minimum atomic E-state index is -1.16. The predicted molar refractivity (Wildman–Crippen MR) is 140 cm³/mol. The molecule has 0 aliphatic rings. The molecular formula is C24H47N7O5. The molecule has 0 saturated heterocycles. The number of carbonyl (C=O) groups excluding carboxylic acids is 3. The summed E-state index contributed by atoms with van der Waals surface area (Å²) in [7, 11) is 0. The number of aliphatic carboxylic acids is 1. The largest absolute Gasteiger partial charge is 0.480 e. The summed E-state index contributed by atoms with van der Waals surface area (Å²) in [5, 5.41) is 17.4. The van der Waals surface area contributed by atoms with Crippen LogP contribution in [0.2, 0.25) is 0 Å². The molecule has 0 spiro atoms. The Morgan fingerprint density at radius 1 is 0.833 bits per heavy atom. The van der Waals surface area contributed by atoms with Gasteiger partial charge in [0.15, 0.2) is 5.96 Å². The standard InChI is InChI=1S/C24H47N7O5/c1-7-15(6)19(31-20(32)16(25)11-13(2)3)22(34)29-17(9-8-10-28-24(26)27)21(33)30-18(23(35)36)12-14(4)5/h13-19H,7-12,25H2,1-6H3,(H,29,34)(H,30,33)(H,31,32)(H,35,36)(H4,26,27,28). The van der Waals surface area contributed by atoms with Gasteiger partial charge in [0.25, 0.3) is 0 Å². The quantitative estimate of drug-likeness (QED) is 0.0798. The van der Waals surface area contributed by atoms with E-state index in [9.17, 15) is 24.3 Å². The van der Waals surface area contributed by atoms with Crippen LogP contribution in [0.5, 0.6) is 0 Å². The van der Waals surface area contributed by atoms with Gasteiger partial charge in [-0.25, -0.2) is 4.79 Å². The number of carboxylic acids is 1. The zero-order valence-corrected chi connectivity index (χ0v) is 22.5. The molecule has 0 saturated carbocycles. The van der Waals surface area contributed by atoms with Gasteiger partial charge in [0, 0.05) is 6.54 Å². The average molecular weight is 514 g/mol. The topological polar surface area (TPSA) is 215 Å². The molecule has 208 valence electrons. The molecule has 0 bridgehead atoms. The van der Waals surface area contributed by atoms with Gasteiger partial charge in [0.1, 0.15) is 18.1 Å². The Morgan fingerprint density at radius 2 is 1.39 bits per heavy atom. The first-order chi connectivity index (χ1) is 16.7. The van der Waals surface area contributed by atoms with E-state index < -0.39 is 47.9 Å². The van der Waals surface area contributed by atoms with Gasteiger partial charge in [-0.15, -0.1) is 0 Å². The summed E-state index contributed by atoms with van der Waals surface area (Å²) >= 11 is 0. The zero-order chi connectivity index (χ0) is 28.0. The van der Waals surface area contributed by atoms with Gasteiger partial charge in [-0.1, -0.05) is 48.0 Å². The Morgan fingerprint density at radius 3 is 1.86 bits per heavy atom. The van der Waals surface area contributed by atoms with Gasteiger partial charge in [0.05, 0.1) is 6.04 Å². The summed E-state index contributed by atoms with van der Waals surface area (Å²) in [6.07, 6.45) is 1.81. The molecule has 12 heteroatoms. The lowest BCUT2D eigenvalue weighted by molar-refractivity contribution is -0.143. The lowest BCUT2D eigenvalue weighted by Gasteiger charge is -2.28. The van der Waals surface area contributed by atoms with Crippen molar-refractivity contribution in [1.82, 2.24) is 16.0 Å². The molecule has 36 heavy (non-hydrogen) atoms. The molecule has 3 amide bonds. The van der Waals surface area contributed by atoms with E-state index in [-0.39, 0.29) is 43.1 Å². The van der Waals surface area contributed by atoms with Crippen molar-refractivity contribution in [1.29, 1.82) is 0 Å². The second-order valence-corrected chi connectivity index (χ2v) is 10.1. The van der Waals surface area contributed by atoms with Crippen molar-refractivity contribution in [3.05, 3.63) is 0 Å². The van der Waals surface area contributed by atoms with E-state index in [4.69, 9.17) is 17.2 Å². The number of nitrogens with one attached hydrogen (secondary N) is 3. The molecule has 0 radical (unpaired) electrons. The number of guanidine groups is 1. The lowest BCUT2D eigenvalue weighted by Crippen LogP contribution is -2.58. The molecule has 0 aromatic heterocycles. The van der Waals surface area contributed by atoms with Gasteiger partial charge >= 0.3 is 5.97 Å². The third-order valence-corrected chi connectivity index (χ3v) is 5.76. The number of nitrogens with two attached hydrogens (primary N) is 3. The monoisotopic (exact) mass is 513 g/mol. The van der Waals surface area contributed by atoms with E-state index in [2.05, 4.69) is 20.9 Å². The van der Waals surface area contributed by atoms with Crippen LogP contribution in [0.3, 0.4) is 0 Å². The molecule has 0 aliphatic carbocycles. The fourth-order valence-corrected chi connectivity index (χ4v) is 3.58. The summed E-state index contributed by atoms with van der Waals surface area (Å²) in [5.74, 6) is -2.89.